The minimum absolute atomic E-state index is 0.613. The largest absolute Gasteiger partial charge is 0.463 e. The Labute approximate surface area is 206 Å². The van der Waals surface area contributed by atoms with Crippen molar-refractivity contribution >= 4 is 22.9 Å². The monoisotopic (exact) mass is 481 g/mol. The number of oxazole rings is 1. The Hall–Kier alpha value is -4.04. The topological polar surface area (TPSA) is 74.8 Å². The number of thioether (sulfide) groups is 1. The van der Waals surface area contributed by atoms with Gasteiger partial charge in [0.25, 0.3) is 0 Å². The average Bonchev–Trinajstić information content (AvgIpc) is 3.64. The molecular weight excluding hydrogens is 458 g/mol. The van der Waals surface area contributed by atoms with Crippen molar-refractivity contribution in [3.63, 3.8) is 0 Å². The van der Waals surface area contributed by atoms with Gasteiger partial charge in [-0.05, 0) is 37.6 Å². The van der Waals surface area contributed by atoms with Crippen LogP contribution in [0.4, 0.5) is 0 Å². The molecule has 0 atom stereocenters. The molecule has 0 amide bonds. The zero-order chi connectivity index (χ0) is 23.9. The van der Waals surface area contributed by atoms with E-state index in [1.807, 2.05) is 68.6 Å². The first kappa shape index (κ1) is 21.5. The smallest absolute Gasteiger partial charge is 0.226 e. The molecule has 6 aromatic rings. The van der Waals surface area contributed by atoms with E-state index in [-0.39, 0.29) is 0 Å². The van der Waals surface area contributed by atoms with Gasteiger partial charge in [0, 0.05) is 30.5 Å². The first-order valence-corrected chi connectivity index (χ1v) is 12.3. The standard InChI is InChI=1S/C27H23N5O2S/c1-17-9-7-8-12-21(17)32-25(23-15-24-22(31(23)3)13-14-33-24)29-30-27(32)35-16-20-18(2)34-26(28-20)19-10-5-4-6-11-19/h4-15H,16H2,1-3H3. The SMILES string of the molecule is Cc1ccccc1-n1c(SCc2nc(-c3ccccc3)oc2C)nnc1-c1cc2occc2n1C. The molecule has 2 aromatic carbocycles. The summed E-state index contributed by atoms with van der Waals surface area (Å²) in [5.41, 5.74) is 6.80. The van der Waals surface area contributed by atoms with E-state index in [2.05, 4.69) is 38.4 Å². The maximum atomic E-state index is 5.96. The molecule has 174 valence electrons. The van der Waals surface area contributed by atoms with Crippen LogP contribution in [-0.4, -0.2) is 24.3 Å². The Bertz CT molecular complexity index is 1640. The molecule has 4 aromatic heterocycles. The predicted molar refractivity (Wildman–Crippen MR) is 137 cm³/mol. The number of fused-ring (bicyclic) bond motifs is 1. The summed E-state index contributed by atoms with van der Waals surface area (Å²) >= 11 is 1.59. The molecule has 7 nitrogen and oxygen atoms in total. The lowest BCUT2D eigenvalue weighted by atomic mass is 10.2. The number of nitrogens with zero attached hydrogens (tertiary/aromatic N) is 5. The van der Waals surface area contributed by atoms with Gasteiger partial charge in [-0.25, -0.2) is 4.98 Å². The Balaban J connectivity index is 1.39. The quantitative estimate of drug-likeness (QED) is 0.250. The molecule has 0 unspecified atom stereocenters. The Kier molecular flexibility index (Phi) is 5.30. The number of benzene rings is 2. The second kappa shape index (κ2) is 8.63. The van der Waals surface area contributed by atoms with Crippen molar-refractivity contribution in [3.8, 4) is 28.7 Å². The van der Waals surface area contributed by atoms with Gasteiger partial charge in [0.05, 0.1) is 28.9 Å². The van der Waals surface area contributed by atoms with E-state index in [1.165, 1.54) is 0 Å². The van der Waals surface area contributed by atoms with Crippen molar-refractivity contribution in [1.82, 2.24) is 24.3 Å². The molecular formula is C27H23N5O2S. The van der Waals surface area contributed by atoms with Gasteiger partial charge in [0.15, 0.2) is 16.6 Å². The number of para-hydroxylation sites is 1. The fourth-order valence-corrected chi connectivity index (χ4v) is 5.17. The van der Waals surface area contributed by atoms with Crippen LogP contribution in [0.1, 0.15) is 17.0 Å². The fourth-order valence-electron chi connectivity index (χ4n) is 4.22. The van der Waals surface area contributed by atoms with Crippen LogP contribution < -0.4 is 0 Å². The van der Waals surface area contributed by atoms with Crippen LogP contribution in [-0.2, 0) is 12.8 Å². The molecule has 0 aliphatic carbocycles. The number of aryl methyl sites for hydroxylation is 3. The third-order valence-electron chi connectivity index (χ3n) is 6.13. The van der Waals surface area contributed by atoms with Gasteiger partial charge in [-0.2, -0.15) is 0 Å². The van der Waals surface area contributed by atoms with Crippen molar-refractivity contribution in [1.29, 1.82) is 0 Å². The number of furan rings is 1. The molecule has 35 heavy (non-hydrogen) atoms. The minimum atomic E-state index is 0.613. The van der Waals surface area contributed by atoms with E-state index in [0.717, 1.165) is 56.0 Å². The Morgan fingerprint density at radius 3 is 2.54 bits per heavy atom. The van der Waals surface area contributed by atoms with Crippen LogP contribution in [0.3, 0.4) is 0 Å². The van der Waals surface area contributed by atoms with Crippen LogP contribution in [0, 0.1) is 13.8 Å². The summed E-state index contributed by atoms with van der Waals surface area (Å²) in [5.74, 6) is 2.81. The van der Waals surface area contributed by atoms with E-state index in [4.69, 9.17) is 13.8 Å². The van der Waals surface area contributed by atoms with Gasteiger partial charge >= 0.3 is 0 Å². The van der Waals surface area contributed by atoms with Crippen molar-refractivity contribution in [3.05, 3.63) is 90.0 Å². The summed E-state index contributed by atoms with van der Waals surface area (Å²) in [5, 5.41) is 9.99. The lowest BCUT2D eigenvalue weighted by Gasteiger charge is -2.13. The number of rotatable bonds is 6. The molecule has 0 spiro atoms. The number of hydrogen-bond donors (Lipinski definition) is 0. The zero-order valence-electron chi connectivity index (χ0n) is 19.6. The molecule has 4 heterocycles. The van der Waals surface area contributed by atoms with Crippen molar-refractivity contribution in [2.75, 3.05) is 0 Å². The van der Waals surface area contributed by atoms with Crippen LogP contribution >= 0.6 is 11.8 Å². The lowest BCUT2D eigenvalue weighted by Crippen LogP contribution is -2.04. The summed E-state index contributed by atoms with van der Waals surface area (Å²) in [4.78, 5) is 4.75. The van der Waals surface area contributed by atoms with Gasteiger partial charge in [-0.15, -0.1) is 10.2 Å². The van der Waals surface area contributed by atoms with Crippen molar-refractivity contribution in [2.24, 2.45) is 7.05 Å². The molecule has 0 radical (unpaired) electrons. The second-order valence-electron chi connectivity index (χ2n) is 8.36. The summed E-state index contributed by atoms with van der Waals surface area (Å²) in [6.07, 6.45) is 1.70. The van der Waals surface area contributed by atoms with E-state index in [1.54, 1.807) is 18.0 Å². The molecule has 0 aliphatic heterocycles. The highest BCUT2D eigenvalue weighted by molar-refractivity contribution is 7.98. The first-order chi connectivity index (χ1) is 17.1. The van der Waals surface area contributed by atoms with Crippen LogP contribution in [0.2, 0.25) is 0 Å². The van der Waals surface area contributed by atoms with Gasteiger partial charge in [0.1, 0.15) is 5.76 Å². The van der Waals surface area contributed by atoms with Crippen LogP contribution in [0.5, 0.6) is 0 Å². The van der Waals surface area contributed by atoms with Gasteiger partial charge in [-0.1, -0.05) is 48.2 Å². The average molecular weight is 482 g/mol. The zero-order valence-corrected chi connectivity index (χ0v) is 20.4. The summed E-state index contributed by atoms with van der Waals surface area (Å²) < 4.78 is 15.8. The highest BCUT2D eigenvalue weighted by atomic mass is 32.2. The summed E-state index contributed by atoms with van der Waals surface area (Å²) in [7, 11) is 2.01. The highest BCUT2D eigenvalue weighted by Crippen LogP contribution is 2.34. The van der Waals surface area contributed by atoms with E-state index < -0.39 is 0 Å². The molecule has 0 bridgehead atoms. The van der Waals surface area contributed by atoms with Crippen molar-refractivity contribution in [2.45, 2.75) is 24.8 Å². The molecule has 0 saturated heterocycles. The second-order valence-corrected chi connectivity index (χ2v) is 9.31. The molecule has 6 rings (SSSR count). The van der Waals surface area contributed by atoms with Crippen molar-refractivity contribution < 1.29 is 8.83 Å². The van der Waals surface area contributed by atoms with E-state index >= 15 is 0 Å². The normalized spacial score (nSPS) is 11.5. The van der Waals surface area contributed by atoms with E-state index in [9.17, 15) is 0 Å². The van der Waals surface area contributed by atoms with Gasteiger partial charge in [-0.3, -0.25) is 4.57 Å². The van der Waals surface area contributed by atoms with E-state index in [0.29, 0.717) is 11.6 Å². The highest BCUT2D eigenvalue weighted by Gasteiger charge is 2.22. The molecule has 0 saturated carbocycles. The molecule has 0 fully saturated rings. The maximum absolute atomic E-state index is 5.96. The predicted octanol–water partition coefficient (Wildman–Crippen LogP) is 6.58. The van der Waals surface area contributed by atoms with Gasteiger partial charge in [0.2, 0.25) is 5.89 Å². The third-order valence-corrected chi connectivity index (χ3v) is 7.07. The summed E-state index contributed by atoms with van der Waals surface area (Å²) in [6, 6.07) is 22.2. The molecule has 0 aliphatic rings. The molecule has 0 N–H and O–H groups in total. The Morgan fingerprint density at radius 1 is 0.943 bits per heavy atom. The first-order valence-electron chi connectivity index (χ1n) is 11.3. The lowest BCUT2D eigenvalue weighted by molar-refractivity contribution is 0.540. The number of hydrogen-bond acceptors (Lipinski definition) is 6. The molecule has 8 heteroatoms. The van der Waals surface area contributed by atoms with Crippen LogP contribution in [0.15, 0.2) is 87.0 Å². The fraction of sp³-hybridized carbons (Fsp3) is 0.148. The van der Waals surface area contributed by atoms with Gasteiger partial charge < -0.3 is 13.4 Å². The summed E-state index contributed by atoms with van der Waals surface area (Å²) in [6.45, 7) is 4.05. The van der Waals surface area contributed by atoms with Crippen LogP contribution in [0.25, 0.3) is 39.8 Å². The minimum Gasteiger partial charge on any atom is -0.463 e. The maximum Gasteiger partial charge on any atom is 0.226 e. The third kappa shape index (κ3) is 3.76. The number of aromatic nitrogens is 5. The Morgan fingerprint density at radius 2 is 1.74 bits per heavy atom.